The van der Waals surface area contributed by atoms with Crippen LogP contribution in [0.15, 0.2) is 0 Å². The van der Waals surface area contributed by atoms with Gasteiger partial charge in [0.2, 0.25) is 11.8 Å². The molecule has 0 spiro atoms. The van der Waals surface area contributed by atoms with Crippen LogP contribution in [0.1, 0.15) is 39.0 Å². The molecule has 0 saturated carbocycles. The van der Waals surface area contributed by atoms with Crippen LogP contribution in [-0.2, 0) is 9.59 Å². The molecule has 2 atom stereocenters. The second-order valence-corrected chi connectivity index (χ2v) is 5.84. The van der Waals surface area contributed by atoms with Crippen LogP contribution < -0.4 is 5.73 Å². The highest BCUT2D eigenvalue weighted by Crippen LogP contribution is 2.23. The van der Waals surface area contributed by atoms with Crippen LogP contribution in [0.5, 0.6) is 0 Å². The van der Waals surface area contributed by atoms with Crippen molar-refractivity contribution in [3.63, 3.8) is 0 Å². The van der Waals surface area contributed by atoms with Crippen molar-refractivity contribution in [2.45, 2.75) is 45.1 Å². The molecular formula is C14H25N3O2. The van der Waals surface area contributed by atoms with Gasteiger partial charge in [-0.2, -0.15) is 0 Å². The van der Waals surface area contributed by atoms with E-state index in [0.29, 0.717) is 38.4 Å². The maximum Gasteiger partial charge on any atom is 0.223 e. The molecule has 5 heteroatoms. The summed E-state index contributed by atoms with van der Waals surface area (Å²) in [6.45, 7) is 4.99. The van der Waals surface area contributed by atoms with Crippen LogP contribution in [0.25, 0.3) is 0 Å². The predicted molar refractivity (Wildman–Crippen MR) is 73.4 cm³/mol. The molecule has 2 fully saturated rings. The number of hydrogen-bond acceptors (Lipinski definition) is 3. The Hall–Kier alpha value is -1.10. The van der Waals surface area contributed by atoms with Gasteiger partial charge in [0.1, 0.15) is 0 Å². The standard InChI is InChI=1S/C14H25N3O2/c1-11(6-7-15)2-4-13(18)16-8-9-17-12(10-16)3-5-14(17)19/h11-12H,2-10,15H2,1H3. The van der Waals surface area contributed by atoms with Gasteiger partial charge < -0.3 is 15.5 Å². The number of carbonyl (C=O) groups excluding carboxylic acids is 2. The third-order valence-corrected chi connectivity index (χ3v) is 4.36. The summed E-state index contributed by atoms with van der Waals surface area (Å²) < 4.78 is 0. The lowest BCUT2D eigenvalue weighted by Crippen LogP contribution is -2.53. The highest BCUT2D eigenvalue weighted by Gasteiger charge is 2.36. The first kappa shape index (κ1) is 14.3. The van der Waals surface area contributed by atoms with Crippen LogP contribution in [0.3, 0.4) is 0 Å². The highest BCUT2D eigenvalue weighted by molar-refractivity contribution is 5.80. The number of rotatable bonds is 5. The number of carbonyl (C=O) groups is 2. The van der Waals surface area contributed by atoms with Crippen molar-refractivity contribution in [3.05, 3.63) is 0 Å². The van der Waals surface area contributed by atoms with E-state index in [-0.39, 0.29) is 17.9 Å². The molecule has 2 unspecified atom stereocenters. The van der Waals surface area contributed by atoms with E-state index in [0.717, 1.165) is 25.8 Å². The number of hydrogen-bond donors (Lipinski definition) is 1. The molecule has 0 aromatic carbocycles. The number of nitrogens with zero attached hydrogens (tertiary/aromatic N) is 2. The summed E-state index contributed by atoms with van der Waals surface area (Å²) in [6, 6.07) is 0.270. The molecule has 5 nitrogen and oxygen atoms in total. The number of amides is 2. The maximum atomic E-state index is 12.2. The summed E-state index contributed by atoms with van der Waals surface area (Å²) in [4.78, 5) is 27.6. The summed E-state index contributed by atoms with van der Waals surface area (Å²) in [5.41, 5.74) is 5.52. The maximum absolute atomic E-state index is 12.2. The molecule has 2 aliphatic rings. The third kappa shape index (κ3) is 3.47. The quantitative estimate of drug-likeness (QED) is 0.792. The van der Waals surface area contributed by atoms with Gasteiger partial charge >= 0.3 is 0 Å². The van der Waals surface area contributed by atoms with E-state index < -0.39 is 0 Å². The minimum absolute atomic E-state index is 0.239. The zero-order valence-corrected chi connectivity index (χ0v) is 11.8. The van der Waals surface area contributed by atoms with Gasteiger partial charge in [0.15, 0.2) is 0 Å². The van der Waals surface area contributed by atoms with Crippen LogP contribution >= 0.6 is 0 Å². The van der Waals surface area contributed by atoms with E-state index in [9.17, 15) is 9.59 Å². The summed E-state index contributed by atoms with van der Waals surface area (Å²) in [7, 11) is 0. The summed E-state index contributed by atoms with van der Waals surface area (Å²) in [5, 5.41) is 0. The lowest BCUT2D eigenvalue weighted by atomic mass is 10.0. The van der Waals surface area contributed by atoms with Gasteiger partial charge in [-0.25, -0.2) is 0 Å². The van der Waals surface area contributed by atoms with Crippen molar-refractivity contribution >= 4 is 11.8 Å². The zero-order valence-electron chi connectivity index (χ0n) is 11.8. The monoisotopic (exact) mass is 267 g/mol. The lowest BCUT2D eigenvalue weighted by molar-refractivity contribution is -0.139. The molecule has 19 heavy (non-hydrogen) atoms. The van der Waals surface area contributed by atoms with Crippen molar-refractivity contribution < 1.29 is 9.59 Å². The molecule has 108 valence electrons. The van der Waals surface area contributed by atoms with Gasteiger partial charge in [0.25, 0.3) is 0 Å². The molecule has 0 aromatic rings. The minimum atomic E-state index is 0.239. The van der Waals surface area contributed by atoms with Gasteiger partial charge in [-0.15, -0.1) is 0 Å². The SMILES string of the molecule is CC(CCN)CCC(=O)N1CCN2C(=O)CCC2C1. The van der Waals surface area contributed by atoms with Crippen LogP contribution in [0.2, 0.25) is 0 Å². The van der Waals surface area contributed by atoms with E-state index in [1.165, 1.54) is 0 Å². The van der Waals surface area contributed by atoms with E-state index >= 15 is 0 Å². The summed E-state index contributed by atoms with van der Waals surface area (Å²) in [5.74, 6) is 1.01. The van der Waals surface area contributed by atoms with Gasteiger partial charge in [-0.1, -0.05) is 6.92 Å². The molecule has 2 aliphatic heterocycles. The minimum Gasteiger partial charge on any atom is -0.339 e. The van der Waals surface area contributed by atoms with Crippen LogP contribution in [0.4, 0.5) is 0 Å². The zero-order chi connectivity index (χ0) is 13.8. The normalized spacial score (nSPS) is 24.5. The molecule has 0 aliphatic carbocycles. The fraction of sp³-hybridized carbons (Fsp3) is 0.857. The van der Waals surface area contributed by atoms with Crippen molar-refractivity contribution in [3.8, 4) is 0 Å². The predicted octanol–water partition coefficient (Wildman–Crippen LogP) is 0.585. The van der Waals surface area contributed by atoms with Gasteiger partial charge in [0.05, 0.1) is 0 Å². The number of fused-ring (bicyclic) bond motifs is 1. The third-order valence-electron chi connectivity index (χ3n) is 4.36. The van der Waals surface area contributed by atoms with Gasteiger partial charge in [0, 0.05) is 38.5 Å². The van der Waals surface area contributed by atoms with E-state index in [2.05, 4.69) is 6.92 Å². The molecule has 2 amide bonds. The van der Waals surface area contributed by atoms with E-state index in [1.54, 1.807) is 0 Å². The van der Waals surface area contributed by atoms with Crippen molar-refractivity contribution in [1.29, 1.82) is 0 Å². The first-order valence-electron chi connectivity index (χ1n) is 7.39. The highest BCUT2D eigenvalue weighted by atomic mass is 16.2. The second kappa shape index (κ2) is 6.37. The summed E-state index contributed by atoms with van der Waals surface area (Å²) >= 11 is 0. The van der Waals surface area contributed by atoms with Crippen LogP contribution in [0, 0.1) is 5.92 Å². The first-order chi connectivity index (χ1) is 9.11. The molecule has 2 N–H and O–H groups in total. The van der Waals surface area contributed by atoms with Crippen LogP contribution in [-0.4, -0.2) is 53.8 Å². The summed E-state index contributed by atoms with van der Waals surface area (Å²) in [6.07, 6.45) is 4.08. The fourth-order valence-corrected chi connectivity index (χ4v) is 3.05. The lowest BCUT2D eigenvalue weighted by Gasteiger charge is -2.37. The first-order valence-corrected chi connectivity index (χ1v) is 7.39. The topological polar surface area (TPSA) is 66.6 Å². The Labute approximate surface area is 115 Å². The van der Waals surface area contributed by atoms with Gasteiger partial charge in [-0.3, -0.25) is 9.59 Å². The Morgan fingerprint density at radius 2 is 2.21 bits per heavy atom. The van der Waals surface area contributed by atoms with Crippen molar-refractivity contribution in [1.82, 2.24) is 9.80 Å². The smallest absolute Gasteiger partial charge is 0.223 e. The molecule has 0 bridgehead atoms. The molecule has 2 rings (SSSR count). The largest absolute Gasteiger partial charge is 0.339 e. The van der Waals surface area contributed by atoms with Crippen molar-refractivity contribution in [2.75, 3.05) is 26.2 Å². The fourth-order valence-electron chi connectivity index (χ4n) is 3.05. The Kier molecular flexibility index (Phi) is 4.80. The Morgan fingerprint density at radius 1 is 1.42 bits per heavy atom. The van der Waals surface area contributed by atoms with E-state index in [1.807, 2.05) is 9.80 Å². The van der Waals surface area contributed by atoms with Gasteiger partial charge in [-0.05, 0) is 31.7 Å². The number of nitrogens with two attached hydrogens (primary N) is 1. The average Bonchev–Trinajstić information content (AvgIpc) is 2.77. The Bertz CT molecular complexity index is 346. The van der Waals surface area contributed by atoms with Crippen molar-refractivity contribution in [2.24, 2.45) is 11.7 Å². The molecule has 0 radical (unpaired) electrons. The molecule has 2 heterocycles. The number of piperazine rings is 1. The Balaban J connectivity index is 1.76. The molecule has 0 aromatic heterocycles. The van der Waals surface area contributed by atoms with E-state index in [4.69, 9.17) is 5.73 Å². The Morgan fingerprint density at radius 3 is 2.95 bits per heavy atom. The molecule has 2 saturated heterocycles. The molecular weight excluding hydrogens is 242 g/mol. The second-order valence-electron chi connectivity index (χ2n) is 5.84. The average molecular weight is 267 g/mol.